The molecular formula is C21H22S2. The van der Waals surface area contributed by atoms with Crippen molar-refractivity contribution < 1.29 is 0 Å². The van der Waals surface area contributed by atoms with Gasteiger partial charge in [-0.05, 0) is 57.1 Å². The molecule has 0 aliphatic heterocycles. The first-order chi connectivity index (χ1) is 11.2. The van der Waals surface area contributed by atoms with Gasteiger partial charge in [0.15, 0.2) is 0 Å². The zero-order chi connectivity index (χ0) is 16.2. The van der Waals surface area contributed by atoms with E-state index >= 15 is 0 Å². The van der Waals surface area contributed by atoms with Crippen molar-refractivity contribution >= 4 is 42.8 Å². The average Bonchev–Trinajstić information content (AvgIpc) is 3.19. The number of hydrogen-bond acceptors (Lipinski definition) is 2. The number of benzene rings is 2. The Labute approximate surface area is 146 Å². The first kappa shape index (κ1) is 16.2. The standard InChI is InChI=1S/C11H12S.C10H10S/c1-8(2)10-7-12-11-6-4-3-5-9(10)11;1-2-8-7-11-10-6-4-3-5-9(8)10/h3-8H,1-2H3;3-7H,2H2,1H3. The Morgan fingerprint density at radius 2 is 1.35 bits per heavy atom. The predicted octanol–water partition coefficient (Wildman–Crippen LogP) is 7.49. The summed E-state index contributed by atoms with van der Waals surface area (Å²) in [6, 6.07) is 17.2. The van der Waals surface area contributed by atoms with Crippen molar-refractivity contribution in [2.75, 3.05) is 0 Å². The van der Waals surface area contributed by atoms with Crippen LogP contribution in [0, 0.1) is 0 Å². The Morgan fingerprint density at radius 1 is 0.783 bits per heavy atom. The lowest BCUT2D eigenvalue weighted by Gasteiger charge is -2.01. The van der Waals surface area contributed by atoms with Crippen LogP contribution in [-0.2, 0) is 6.42 Å². The van der Waals surface area contributed by atoms with Gasteiger partial charge in [0, 0.05) is 9.40 Å². The quantitative estimate of drug-likeness (QED) is 0.355. The number of rotatable bonds is 2. The van der Waals surface area contributed by atoms with Crippen molar-refractivity contribution in [3.63, 3.8) is 0 Å². The van der Waals surface area contributed by atoms with Gasteiger partial charge in [0.25, 0.3) is 0 Å². The highest BCUT2D eigenvalue weighted by Gasteiger charge is 2.05. The van der Waals surface area contributed by atoms with E-state index in [0.29, 0.717) is 5.92 Å². The molecule has 118 valence electrons. The van der Waals surface area contributed by atoms with Gasteiger partial charge in [-0.3, -0.25) is 0 Å². The third-order valence-electron chi connectivity index (χ3n) is 4.07. The van der Waals surface area contributed by atoms with Crippen molar-refractivity contribution in [2.45, 2.75) is 33.1 Å². The summed E-state index contributed by atoms with van der Waals surface area (Å²) in [5.74, 6) is 0.640. The van der Waals surface area contributed by atoms with Gasteiger partial charge in [-0.15, -0.1) is 22.7 Å². The summed E-state index contributed by atoms with van der Waals surface area (Å²) in [5, 5.41) is 7.39. The van der Waals surface area contributed by atoms with E-state index in [9.17, 15) is 0 Å². The largest absolute Gasteiger partial charge is 0.144 e. The minimum absolute atomic E-state index is 0.640. The summed E-state index contributed by atoms with van der Waals surface area (Å²) >= 11 is 3.68. The topological polar surface area (TPSA) is 0 Å². The van der Waals surface area contributed by atoms with Crippen LogP contribution in [-0.4, -0.2) is 0 Å². The minimum Gasteiger partial charge on any atom is -0.144 e. The Bertz CT molecular complexity index is 896. The van der Waals surface area contributed by atoms with Crippen LogP contribution in [0.5, 0.6) is 0 Å². The molecule has 0 unspecified atom stereocenters. The monoisotopic (exact) mass is 338 g/mol. The lowest BCUT2D eigenvalue weighted by atomic mass is 10.0. The minimum atomic E-state index is 0.640. The smallest absolute Gasteiger partial charge is 0.0345 e. The lowest BCUT2D eigenvalue weighted by molar-refractivity contribution is 0.880. The fourth-order valence-electron chi connectivity index (χ4n) is 2.75. The normalized spacial score (nSPS) is 11.0. The summed E-state index contributed by atoms with van der Waals surface area (Å²) in [6.45, 7) is 6.69. The number of fused-ring (bicyclic) bond motifs is 2. The van der Waals surface area contributed by atoms with E-state index in [1.807, 2.05) is 22.7 Å². The Kier molecular flexibility index (Phi) is 5.14. The molecule has 0 spiro atoms. The highest BCUT2D eigenvalue weighted by molar-refractivity contribution is 7.17. The predicted molar refractivity (Wildman–Crippen MR) is 107 cm³/mol. The molecule has 0 nitrogen and oxygen atoms in total. The third kappa shape index (κ3) is 3.49. The van der Waals surface area contributed by atoms with E-state index in [4.69, 9.17) is 0 Å². The third-order valence-corrected chi connectivity index (χ3v) is 6.07. The maximum absolute atomic E-state index is 2.27. The maximum Gasteiger partial charge on any atom is 0.0345 e. The zero-order valence-electron chi connectivity index (χ0n) is 13.9. The van der Waals surface area contributed by atoms with Gasteiger partial charge < -0.3 is 0 Å². The van der Waals surface area contributed by atoms with E-state index in [-0.39, 0.29) is 0 Å². The van der Waals surface area contributed by atoms with Crippen LogP contribution in [0.1, 0.15) is 37.8 Å². The Hall–Kier alpha value is -1.64. The molecular weight excluding hydrogens is 316 g/mol. The van der Waals surface area contributed by atoms with E-state index in [0.717, 1.165) is 6.42 Å². The van der Waals surface area contributed by atoms with Gasteiger partial charge in [0.2, 0.25) is 0 Å². The van der Waals surface area contributed by atoms with Crippen molar-refractivity contribution in [3.8, 4) is 0 Å². The van der Waals surface area contributed by atoms with Crippen LogP contribution < -0.4 is 0 Å². The molecule has 0 aliphatic rings. The molecule has 0 aliphatic carbocycles. The van der Waals surface area contributed by atoms with Crippen molar-refractivity contribution in [1.82, 2.24) is 0 Å². The molecule has 2 heteroatoms. The van der Waals surface area contributed by atoms with E-state index in [1.54, 1.807) is 0 Å². The van der Waals surface area contributed by atoms with Gasteiger partial charge in [0.1, 0.15) is 0 Å². The number of hydrogen-bond donors (Lipinski definition) is 0. The van der Waals surface area contributed by atoms with E-state index in [1.165, 1.54) is 31.3 Å². The molecule has 0 saturated carbocycles. The Balaban J connectivity index is 0.000000136. The fraction of sp³-hybridized carbons (Fsp3) is 0.238. The molecule has 0 saturated heterocycles. The van der Waals surface area contributed by atoms with Crippen LogP contribution in [0.25, 0.3) is 20.2 Å². The molecule has 0 N–H and O–H groups in total. The van der Waals surface area contributed by atoms with Gasteiger partial charge >= 0.3 is 0 Å². The van der Waals surface area contributed by atoms with Gasteiger partial charge in [-0.1, -0.05) is 57.2 Å². The van der Waals surface area contributed by atoms with E-state index < -0.39 is 0 Å². The lowest BCUT2D eigenvalue weighted by Crippen LogP contribution is -1.82. The second kappa shape index (κ2) is 7.29. The molecule has 2 aromatic heterocycles. The highest BCUT2D eigenvalue weighted by atomic mass is 32.1. The van der Waals surface area contributed by atoms with Gasteiger partial charge in [0.05, 0.1) is 0 Å². The van der Waals surface area contributed by atoms with Crippen molar-refractivity contribution in [3.05, 3.63) is 70.4 Å². The van der Waals surface area contributed by atoms with Crippen LogP contribution in [0.2, 0.25) is 0 Å². The molecule has 0 atom stereocenters. The SMILES string of the molecule is CC(C)c1csc2ccccc12.CCc1csc2ccccc12. The van der Waals surface area contributed by atoms with Crippen LogP contribution >= 0.6 is 22.7 Å². The van der Waals surface area contributed by atoms with Crippen molar-refractivity contribution in [1.29, 1.82) is 0 Å². The van der Waals surface area contributed by atoms with Crippen LogP contribution in [0.4, 0.5) is 0 Å². The number of thiophene rings is 2. The first-order valence-corrected chi connectivity index (χ1v) is 9.88. The molecule has 0 amide bonds. The molecule has 0 bridgehead atoms. The second-order valence-electron chi connectivity index (χ2n) is 5.95. The Morgan fingerprint density at radius 3 is 2.00 bits per heavy atom. The first-order valence-electron chi connectivity index (χ1n) is 8.12. The molecule has 2 heterocycles. The molecule has 23 heavy (non-hydrogen) atoms. The van der Waals surface area contributed by atoms with Crippen molar-refractivity contribution in [2.24, 2.45) is 0 Å². The molecule has 0 fully saturated rings. The van der Waals surface area contributed by atoms with E-state index in [2.05, 4.69) is 80.1 Å². The summed E-state index contributed by atoms with van der Waals surface area (Å²) in [7, 11) is 0. The zero-order valence-corrected chi connectivity index (χ0v) is 15.5. The van der Waals surface area contributed by atoms with Gasteiger partial charge in [-0.2, -0.15) is 0 Å². The molecule has 4 rings (SSSR count). The van der Waals surface area contributed by atoms with Crippen LogP contribution in [0.3, 0.4) is 0 Å². The summed E-state index contributed by atoms with van der Waals surface area (Å²) < 4.78 is 2.81. The van der Waals surface area contributed by atoms with Crippen LogP contribution in [0.15, 0.2) is 59.3 Å². The highest BCUT2D eigenvalue weighted by Crippen LogP contribution is 2.30. The molecule has 0 radical (unpaired) electrons. The maximum atomic E-state index is 2.27. The summed E-state index contributed by atoms with van der Waals surface area (Å²) in [5.41, 5.74) is 2.96. The fourth-order valence-corrected chi connectivity index (χ4v) is 4.92. The molecule has 2 aromatic carbocycles. The second-order valence-corrected chi connectivity index (χ2v) is 7.78. The number of aryl methyl sites for hydroxylation is 1. The van der Waals surface area contributed by atoms with Gasteiger partial charge in [-0.25, -0.2) is 0 Å². The average molecular weight is 339 g/mol. The molecule has 4 aromatic rings. The summed E-state index contributed by atoms with van der Waals surface area (Å²) in [6.07, 6.45) is 1.14. The summed E-state index contributed by atoms with van der Waals surface area (Å²) in [4.78, 5) is 0.